The smallest absolute Gasteiger partial charge is 0.330 e. The van der Waals surface area contributed by atoms with E-state index in [1.165, 1.54) is 0 Å². The Bertz CT molecular complexity index is 267. The van der Waals surface area contributed by atoms with Crippen LogP contribution in [0.5, 0.6) is 0 Å². The first-order chi connectivity index (χ1) is 6.31. The lowest BCUT2D eigenvalue weighted by Gasteiger charge is -2.13. The molecule has 15 heavy (non-hydrogen) atoms. The molecule has 88 valence electrons. The van der Waals surface area contributed by atoms with Crippen LogP contribution in [-0.4, -0.2) is 23.4 Å². The van der Waals surface area contributed by atoms with Crippen LogP contribution in [0.25, 0.3) is 0 Å². The Morgan fingerprint density at radius 3 is 2.47 bits per heavy atom. The summed E-state index contributed by atoms with van der Waals surface area (Å²) in [6.07, 6.45) is 1.57. The Morgan fingerprint density at radius 1 is 1.67 bits per heavy atom. The number of ether oxygens (including phenoxy) is 2. The number of quaternary nitrogens is 1. The normalized spacial score (nSPS) is 28.5. The van der Waals surface area contributed by atoms with Gasteiger partial charge in [-0.3, -0.25) is 0 Å². The molecule has 0 saturated carbocycles. The highest BCUT2D eigenvalue weighted by Crippen LogP contribution is 2.44. The first-order valence-corrected chi connectivity index (χ1v) is 4.69. The summed E-state index contributed by atoms with van der Waals surface area (Å²) in [6, 6.07) is 0. The number of hydrogen-bond acceptors (Lipinski definition) is 3. The summed E-state index contributed by atoms with van der Waals surface area (Å²) >= 11 is 0. The molecule has 0 amide bonds. The average Bonchev–Trinajstić information content (AvgIpc) is 2.49. The molecule has 4 nitrogen and oxygen atoms in total. The quantitative estimate of drug-likeness (QED) is 0.326. The second-order valence-electron chi connectivity index (χ2n) is 4.26. The maximum absolute atomic E-state index is 10.9. The van der Waals surface area contributed by atoms with Crippen LogP contribution in [0.1, 0.15) is 27.2 Å². The molecule has 2 unspecified atom stereocenters. The fraction of sp³-hybridized carbons (Fsp3) is 0.700. The number of halogens is 1. The van der Waals surface area contributed by atoms with Crippen LogP contribution < -0.4 is 18.1 Å². The van der Waals surface area contributed by atoms with Crippen LogP contribution in [0.2, 0.25) is 0 Å². The van der Waals surface area contributed by atoms with Crippen LogP contribution in [0.3, 0.4) is 0 Å². The van der Waals surface area contributed by atoms with E-state index in [2.05, 4.69) is 12.3 Å². The van der Waals surface area contributed by atoms with E-state index in [9.17, 15) is 4.79 Å². The Balaban J connectivity index is 0.00000196. The van der Waals surface area contributed by atoms with Crippen molar-refractivity contribution in [2.24, 2.45) is 0 Å². The molecule has 0 spiro atoms. The third kappa shape index (κ3) is 3.19. The molecule has 1 saturated heterocycles. The lowest BCUT2D eigenvalue weighted by Crippen LogP contribution is -3.00. The zero-order chi connectivity index (χ0) is 11.0. The molecule has 1 aliphatic heterocycles. The molecule has 0 radical (unpaired) electrons. The van der Waals surface area contributed by atoms with Crippen molar-refractivity contribution in [2.75, 3.05) is 0 Å². The molecule has 1 rings (SSSR count). The van der Waals surface area contributed by atoms with Crippen LogP contribution in [-0.2, 0) is 14.3 Å². The van der Waals surface area contributed by atoms with E-state index in [1.807, 2.05) is 20.8 Å². The maximum Gasteiger partial charge on any atom is 0.330 e. The van der Waals surface area contributed by atoms with Gasteiger partial charge < -0.3 is 27.6 Å². The zero-order valence-corrected chi connectivity index (χ0v) is 10.1. The summed E-state index contributed by atoms with van der Waals surface area (Å²) in [7, 11) is 0. The van der Waals surface area contributed by atoms with Crippen molar-refractivity contribution in [2.45, 2.75) is 44.6 Å². The summed E-state index contributed by atoms with van der Waals surface area (Å²) in [6.45, 7) is 9.11. The van der Waals surface area contributed by atoms with E-state index in [0.29, 0.717) is 6.42 Å². The first-order valence-electron chi connectivity index (χ1n) is 4.69. The van der Waals surface area contributed by atoms with Gasteiger partial charge in [0.05, 0.1) is 6.42 Å². The molecule has 1 fully saturated rings. The minimum atomic E-state index is -0.409. The lowest BCUT2D eigenvalue weighted by atomic mass is 10.00. The second kappa shape index (κ2) is 4.51. The summed E-state index contributed by atoms with van der Waals surface area (Å²) in [5, 5.41) is 0. The predicted molar refractivity (Wildman–Crippen MR) is 51.2 cm³/mol. The van der Waals surface area contributed by atoms with Gasteiger partial charge >= 0.3 is 5.97 Å². The SMILES string of the molecule is C=CC(=O)OC(C)CC1([NH3+])OC1(C)C.[Cl-]. The van der Waals surface area contributed by atoms with E-state index in [1.54, 1.807) is 0 Å². The molecule has 1 heterocycles. The van der Waals surface area contributed by atoms with Gasteiger partial charge in [0.25, 0.3) is 0 Å². The number of carbonyl (C=O) groups excluding carboxylic acids is 1. The molecule has 0 aromatic carbocycles. The highest BCUT2D eigenvalue weighted by Gasteiger charge is 2.66. The van der Waals surface area contributed by atoms with Gasteiger partial charge in [0, 0.05) is 6.08 Å². The third-order valence-electron chi connectivity index (χ3n) is 2.61. The zero-order valence-electron chi connectivity index (χ0n) is 9.38. The number of esters is 1. The van der Waals surface area contributed by atoms with Crippen molar-refractivity contribution in [1.82, 2.24) is 0 Å². The molecular weight excluding hydrogens is 218 g/mol. The Kier molecular flexibility index (Phi) is 4.34. The Hall–Kier alpha value is -0.580. The molecule has 0 aliphatic carbocycles. The molecule has 3 N–H and O–H groups in total. The molecule has 1 aliphatic rings. The number of hydrogen-bond donors (Lipinski definition) is 1. The summed E-state index contributed by atoms with van der Waals surface area (Å²) in [5.74, 6) is -0.403. The van der Waals surface area contributed by atoms with Gasteiger partial charge in [0.15, 0.2) is 5.60 Å². The van der Waals surface area contributed by atoms with Gasteiger partial charge in [0.2, 0.25) is 5.72 Å². The summed E-state index contributed by atoms with van der Waals surface area (Å²) in [5.41, 5.74) is 3.35. The van der Waals surface area contributed by atoms with Gasteiger partial charge in [-0.1, -0.05) is 6.58 Å². The average molecular weight is 236 g/mol. The fourth-order valence-corrected chi connectivity index (χ4v) is 1.50. The van der Waals surface area contributed by atoms with Gasteiger partial charge in [0.1, 0.15) is 6.10 Å². The predicted octanol–water partition coefficient (Wildman–Crippen LogP) is -2.75. The van der Waals surface area contributed by atoms with E-state index >= 15 is 0 Å². The van der Waals surface area contributed by atoms with E-state index in [4.69, 9.17) is 9.47 Å². The highest BCUT2D eigenvalue weighted by molar-refractivity contribution is 5.81. The van der Waals surface area contributed by atoms with Crippen molar-refractivity contribution in [3.63, 3.8) is 0 Å². The van der Waals surface area contributed by atoms with E-state index < -0.39 is 11.7 Å². The third-order valence-corrected chi connectivity index (χ3v) is 2.61. The lowest BCUT2D eigenvalue weighted by molar-refractivity contribution is -0.475. The van der Waals surface area contributed by atoms with E-state index in [-0.39, 0.29) is 24.1 Å². The Morgan fingerprint density at radius 2 is 2.13 bits per heavy atom. The summed E-state index contributed by atoms with van der Waals surface area (Å²) in [4.78, 5) is 10.9. The van der Waals surface area contributed by atoms with Crippen LogP contribution >= 0.6 is 0 Å². The van der Waals surface area contributed by atoms with Gasteiger partial charge in [-0.2, -0.15) is 0 Å². The van der Waals surface area contributed by atoms with Crippen LogP contribution in [0.4, 0.5) is 0 Å². The van der Waals surface area contributed by atoms with Gasteiger partial charge in [-0.15, -0.1) is 0 Å². The monoisotopic (exact) mass is 235 g/mol. The highest BCUT2D eigenvalue weighted by atomic mass is 35.5. The molecule has 0 aromatic heterocycles. The molecule has 2 atom stereocenters. The van der Waals surface area contributed by atoms with Crippen molar-refractivity contribution >= 4 is 5.97 Å². The van der Waals surface area contributed by atoms with Crippen LogP contribution in [0, 0.1) is 0 Å². The molecule has 5 heteroatoms. The number of carbonyl (C=O) groups is 1. The second-order valence-corrected chi connectivity index (χ2v) is 4.26. The van der Waals surface area contributed by atoms with Gasteiger partial charge in [-0.05, 0) is 20.8 Å². The van der Waals surface area contributed by atoms with Crippen molar-refractivity contribution < 1.29 is 32.4 Å². The first kappa shape index (κ1) is 14.4. The number of epoxide rings is 1. The number of rotatable bonds is 4. The van der Waals surface area contributed by atoms with Crippen molar-refractivity contribution in [3.8, 4) is 0 Å². The molecule has 0 aromatic rings. The topological polar surface area (TPSA) is 66.5 Å². The molecule has 0 bridgehead atoms. The van der Waals surface area contributed by atoms with Crippen molar-refractivity contribution in [1.29, 1.82) is 0 Å². The maximum atomic E-state index is 10.9. The van der Waals surface area contributed by atoms with Crippen LogP contribution in [0.15, 0.2) is 12.7 Å². The molecular formula is C10H18ClNO3. The van der Waals surface area contributed by atoms with Crippen molar-refractivity contribution in [3.05, 3.63) is 12.7 Å². The minimum Gasteiger partial charge on any atom is -1.00 e. The largest absolute Gasteiger partial charge is 1.00 e. The van der Waals surface area contributed by atoms with E-state index in [0.717, 1.165) is 6.08 Å². The van der Waals surface area contributed by atoms with Gasteiger partial charge in [-0.25, -0.2) is 4.79 Å². The standard InChI is InChI=1S/C10H17NO3.ClH/c1-5-8(12)13-7(2)6-10(11)9(3,4)14-10;/h5,7H,1,6,11H2,2-4H3;1H. The minimum absolute atomic E-state index is 0. The Labute approximate surface area is 96.2 Å². The fourth-order valence-electron chi connectivity index (χ4n) is 1.50. The summed E-state index contributed by atoms with van der Waals surface area (Å²) < 4.78 is 10.5.